The van der Waals surface area contributed by atoms with Crippen molar-refractivity contribution in [3.05, 3.63) is 73.2 Å². The molecule has 6 heteroatoms. The van der Waals surface area contributed by atoms with Gasteiger partial charge in [-0.1, -0.05) is 36.4 Å². The number of imidazole rings is 1. The van der Waals surface area contributed by atoms with Gasteiger partial charge < -0.3 is 14.5 Å². The monoisotopic (exact) mass is 461 g/mol. The summed E-state index contributed by atoms with van der Waals surface area (Å²) in [5, 5.41) is 1.23. The smallest absolute Gasteiger partial charge is 0.225 e. The van der Waals surface area contributed by atoms with Crippen molar-refractivity contribution in [1.29, 1.82) is 0 Å². The molecule has 174 valence electrons. The van der Waals surface area contributed by atoms with Gasteiger partial charge >= 0.3 is 0 Å². The lowest BCUT2D eigenvalue weighted by Crippen LogP contribution is -2.30. The van der Waals surface area contributed by atoms with Crippen molar-refractivity contribution in [3.63, 3.8) is 0 Å². The van der Waals surface area contributed by atoms with Crippen LogP contribution in [-0.4, -0.2) is 43.4 Å². The predicted molar refractivity (Wildman–Crippen MR) is 138 cm³/mol. The molecule has 1 saturated heterocycles. The lowest BCUT2D eigenvalue weighted by Gasteiger charge is -2.18. The molecule has 6 nitrogen and oxygen atoms in total. The van der Waals surface area contributed by atoms with E-state index in [9.17, 15) is 4.79 Å². The summed E-state index contributed by atoms with van der Waals surface area (Å²) in [6.45, 7) is 2.58. The van der Waals surface area contributed by atoms with E-state index in [-0.39, 0.29) is 0 Å². The topological polar surface area (TPSA) is 66.8 Å². The number of nitrogens with zero attached hydrogens (tertiary/aromatic N) is 4. The highest BCUT2D eigenvalue weighted by Crippen LogP contribution is 2.35. The van der Waals surface area contributed by atoms with Crippen molar-refractivity contribution in [3.8, 4) is 22.5 Å². The number of H-pyrrole nitrogens is 1. The molecule has 1 N–H and O–H groups in total. The van der Waals surface area contributed by atoms with Crippen molar-refractivity contribution < 1.29 is 4.79 Å². The fourth-order valence-electron chi connectivity index (χ4n) is 5.55. The quantitative estimate of drug-likeness (QED) is 0.376. The summed E-state index contributed by atoms with van der Waals surface area (Å²) in [6, 6.07) is 19.3. The molecule has 4 heterocycles. The van der Waals surface area contributed by atoms with Gasteiger partial charge in [0.2, 0.25) is 5.91 Å². The van der Waals surface area contributed by atoms with Gasteiger partial charge in [-0.25, -0.2) is 4.98 Å². The second-order valence-electron chi connectivity index (χ2n) is 9.95. The summed E-state index contributed by atoms with van der Waals surface area (Å²) < 4.78 is 2.33. The molecule has 35 heavy (non-hydrogen) atoms. The average molecular weight is 462 g/mol. The molecular formula is C29H27N5O. The van der Waals surface area contributed by atoms with E-state index in [1.165, 1.54) is 16.5 Å². The van der Waals surface area contributed by atoms with Gasteiger partial charge in [0, 0.05) is 54.4 Å². The van der Waals surface area contributed by atoms with Crippen LogP contribution in [0.3, 0.4) is 0 Å². The maximum Gasteiger partial charge on any atom is 0.225 e. The SMILES string of the molecule is O=C(C1CC1)N1CC[C@@H](Cn2c(-c3ccc(-c4cccc5[nH]ccc45)cc3)nc3cnccc32)C1. The highest BCUT2D eigenvalue weighted by atomic mass is 16.2. The molecule has 0 spiro atoms. The third-order valence-electron chi connectivity index (χ3n) is 7.56. The summed E-state index contributed by atoms with van der Waals surface area (Å²) in [5.74, 6) is 2.05. The molecule has 0 bridgehead atoms. The number of hydrogen-bond acceptors (Lipinski definition) is 3. The Kier molecular flexibility index (Phi) is 4.72. The number of nitrogens with one attached hydrogen (secondary N) is 1. The Bertz CT molecular complexity index is 1540. The molecule has 1 amide bonds. The van der Waals surface area contributed by atoms with Crippen LogP contribution in [0, 0.1) is 11.8 Å². The van der Waals surface area contributed by atoms with Crippen LogP contribution in [0.25, 0.3) is 44.5 Å². The molecule has 1 saturated carbocycles. The van der Waals surface area contributed by atoms with Crippen molar-refractivity contribution in [2.24, 2.45) is 11.8 Å². The largest absolute Gasteiger partial charge is 0.361 e. The minimum Gasteiger partial charge on any atom is -0.361 e. The van der Waals surface area contributed by atoms with Gasteiger partial charge in [0.25, 0.3) is 0 Å². The van der Waals surface area contributed by atoms with Crippen LogP contribution in [0.5, 0.6) is 0 Å². The van der Waals surface area contributed by atoms with Crippen LogP contribution in [0.15, 0.2) is 73.2 Å². The summed E-state index contributed by atoms with van der Waals surface area (Å²) in [6.07, 6.45) is 8.84. The Morgan fingerprint density at radius 3 is 2.71 bits per heavy atom. The lowest BCUT2D eigenvalue weighted by molar-refractivity contribution is -0.131. The number of carbonyl (C=O) groups is 1. The Morgan fingerprint density at radius 1 is 1.00 bits per heavy atom. The highest BCUT2D eigenvalue weighted by molar-refractivity contribution is 5.95. The molecule has 1 aliphatic carbocycles. The maximum absolute atomic E-state index is 12.6. The Morgan fingerprint density at radius 2 is 1.86 bits per heavy atom. The molecule has 0 radical (unpaired) electrons. The third kappa shape index (κ3) is 3.60. The number of likely N-dealkylation sites (tertiary alicyclic amines) is 1. The zero-order chi connectivity index (χ0) is 23.4. The molecule has 2 fully saturated rings. The van der Waals surface area contributed by atoms with Crippen molar-refractivity contribution in [1.82, 2.24) is 24.4 Å². The Balaban J connectivity index is 1.21. The number of pyridine rings is 1. The van der Waals surface area contributed by atoms with Gasteiger partial charge in [0.1, 0.15) is 11.3 Å². The second-order valence-corrected chi connectivity index (χ2v) is 9.95. The standard InChI is InChI=1S/C29H27N5O/c35-29(22-8-9-22)33-15-12-19(17-33)18-34-27-11-13-30-16-26(27)32-28(34)21-6-4-20(5-7-21)23-2-1-3-25-24(23)10-14-31-25/h1-7,10-11,13-14,16,19,22,31H,8-9,12,15,17-18H2/t19-/m1/s1. The number of amides is 1. The Labute approximate surface area is 203 Å². The molecule has 2 aromatic carbocycles. The van der Waals surface area contributed by atoms with Crippen molar-refractivity contribution in [2.45, 2.75) is 25.8 Å². The van der Waals surface area contributed by atoms with Gasteiger partial charge in [0.15, 0.2) is 0 Å². The fraction of sp³-hybridized carbons (Fsp3) is 0.276. The van der Waals surface area contributed by atoms with E-state index in [1.807, 2.05) is 18.6 Å². The number of aromatic nitrogens is 4. The van der Waals surface area contributed by atoms with Gasteiger partial charge in [-0.05, 0) is 54.5 Å². The summed E-state index contributed by atoms with van der Waals surface area (Å²) in [5.41, 5.74) is 6.66. The number of rotatable bonds is 5. The third-order valence-corrected chi connectivity index (χ3v) is 7.56. The summed E-state index contributed by atoms with van der Waals surface area (Å²) in [7, 11) is 0. The van der Waals surface area contributed by atoms with Crippen LogP contribution < -0.4 is 0 Å². The van der Waals surface area contributed by atoms with Crippen LogP contribution >= 0.6 is 0 Å². The zero-order valence-corrected chi connectivity index (χ0v) is 19.5. The van der Waals surface area contributed by atoms with E-state index in [2.05, 4.69) is 74.0 Å². The maximum atomic E-state index is 12.6. The van der Waals surface area contributed by atoms with Crippen LogP contribution in [-0.2, 0) is 11.3 Å². The minimum atomic E-state index is 0.292. The van der Waals surface area contributed by atoms with Crippen LogP contribution in [0.1, 0.15) is 19.3 Å². The van der Waals surface area contributed by atoms with Gasteiger partial charge in [-0.2, -0.15) is 0 Å². The van der Waals surface area contributed by atoms with Gasteiger partial charge in [-0.15, -0.1) is 0 Å². The van der Waals surface area contributed by atoms with E-state index < -0.39 is 0 Å². The first-order valence-corrected chi connectivity index (χ1v) is 12.5. The number of fused-ring (bicyclic) bond motifs is 2. The van der Waals surface area contributed by atoms with Crippen LogP contribution in [0.4, 0.5) is 0 Å². The normalized spacial score (nSPS) is 18.1. The number of carbonyl (C=O) groups excluding carboxylic acids is 1. The molecule has 3 aromatic heterocycles. The number of benzene rings is 2. The summed E-state index contributed by atoms with van der Waals surface area (Å²) in [4.78, 5) is 27.2. The molecule has 0 unspecified atom stereocenters. The Hall–Kier alpha value is -3.93. The first-order chi connectivity index (χ1) is 17.2. The second kappa shape index (κ2) is 8.08. The van der Waals surface area contributed by atoms with E-state index in [1.54, 1.807) is 0 Å². The molecule has 2 aliphatic rings. The molecule has 1 atom stereocenters. The lowest BCUT2D eigenvalue weighted by atomic mass is 10.0. The summed E-state index contributed by atoms with van der Waals surface area (Å²) >= 11 is 0. The van der Waals surface area contributed by atoms with E-state index in [0.717, 1.165) is 66.8 Å². The fourth-order valence-corrected chi connectivity index (χ4v) is 5.55. The predicted octanol–water partition coefficient (Wildman–Crippen LogP) is 5.51. The van der Waals surface area contributed by atoms with Gasteiger partial charge in [-0.3, -0.25) is 9.78 Å². The zero-order valence-electron chi connectivity index (χ0n) is 19.5. The van der Waals surface area contributed by atoms with Crippen molar-refractivity contribution in [2.75, 3.05) is 13.1 Å². The first kappa shape index (κ1) is 20.4. The van der Waals surface area contributed by atoms with Crippen molar-refractivity contribution >= 4 is 27.8 Å². The highest BCUT2D eigenvalue weighted by Gasteiger charge is 2.36. The van der Waals surface area contributed by atoms with Crippen LogP contribution in [0.2, 0.25) is 0 Å². The van der Waals surface area contributed by atoms with E-state index in [4.69, 9.17) is 4.98 Å². The van der Waals surface area contributed by atoms with E-state index in [0.29, 0.717) is 17.7 Å². The average Bonchev–Trinajstić information content (AvgIpc) is 3.28. The molecule has 5 aromatic rings. The number of aromatic amines is 1. The molecule has 1 aliphatic heterocycles. The number of hydrogen-bond donors (Lipinski definition) is 1. The minimum absolute atomic E-state index is 0.292. The first-order valence-electron chi connectivity index (χ1n) is 12.5. The van der Waals surface area contributed by atoms with E-state index >= 15 is 0 Å². The molecular weight excluding hydrogens is 434 g/mol. The van der Waals surface area contributed by atoms with Gasteiger partial charge in [0.05, 0.1) is 11.7 Å². The molecule has 7 rings (SSSR count).